The van der Waals surface area contributed by atoms with E-state index < -0.39 is 5.97 Å². The Bertz CT molecular complexity index is 434. The molecule has 0 aliphatic rings. The second-order valence-electron chi connectivity index (χ2n) is 3.22. The standard InChI is InChI=1S/C11H13NO3S/c1-3-4-7(2)10(13)12-9-6-5-8(16-9)11(14)15/h4-6H,3H2,1-2H3,(H,12,13)(H,14,15)/b7-4+. The molecule has 5 heteroatoms. The van der Waals surface area contributed by atoms with Crippen molar-refractivity contribution in [2.24, 2.45) is 0 Å². The number of allylic oxidation sites excluding steroid dienone is 1. The van der Waals surface area contributed by atoms with Crippen LogP contribution in [0, 0.1) is 0 Å². The van der Waals surface area contributed by atoms with Crippen LogP contribution in [0.15, 0.2) is 23.8 Å². The lowest BCUT2D eigenvalue weighted by Gasteiger charge is -2.01. The summed E-state index contributed by atoms with van der Waals surface area (Å²) in [5.74, 6) is -1.17. The molecular formula is C11H13NO3S. The number of hydrogen-bond acceptors (Lipinski definition) is 3. The van der Waals surface area contributed by atoms with Crippen molar-refractivity contribution in [3.8, 4) is 0 Å². The summed E-state index contributed by atoms with van der Waals surface area (Å²) >= 11 is 1.05. The maximum absolute atomic E-state index is 11.6. The summed E-state index contributed by atoms with van der Waals surface area (Å²) in [6.45, 7) is 3.68. The van der Waals surface area contributed by atoms with Crippen molar-refractivity contribution in [1.29, 1.82) is 0 Å². The van der Waals surface area contributed by atoms with Gasteiger partial charge < -0.3 is 10.4 Å². The summed E-state index contributed by atoms with van der Waals surface area (Å²) < 4.78 is 0. The third kappa shape index (κ3) is 3.20. The lowest BCUT2D eigenvalue weighted by Crippen LogP contribution is -2.11. The van der Waals surface area contributed by atoms with E-state index in [4.69, 9.17) is 5.11 Å². The van der Waals surface area contributed by atoms with Gasteiger partial charge in [0.1, 0.15) is 4.88 Å². The number of carbonyl (C=O) groups excluding carboxylic acids is 1. The summed E-state index contributed by atoms with van der Waals surface area (Å²) in [4.78, 5) is 22.4. The SMILES string of the molecule is CC/C=C(\C)C(=O)Nc1ccc(C(=O)O)s1. The molecule has 86 valence electrons. The predicted molar refractivity (Wildman–Crippen MR) is 64.0 cm³/mol. The Balaban J connectivity index is 2.70. The Morgan fingerprint density at radius 3 is 2.69 bits per heavy atom. The van der Waals surface area contributed by atoms with Gasteiger partial charge in [-0.2, -0.15) is 0 Å². The summed E-state index contributed by atoms with van der Waals surface area (Å²) in [5, 5.41) is 11.9. The molecule has 0 unspecified atom stereocenters. The number of carboxylic acid groups (broad SMARTS) is 1. The third-order valence-electron chi connectivity index (χ3n) is 1.92. The van der Waals surface area contributed by atoms with E-state index in [1.54, 1.807) is 13.0 Å². The lowest BCUT2D eigenvalue weighted by atomic mass is 10.2. The first-order valence-electron chi connectivity index (χ1n) is 4.85. The zero-order valence-electron chi connectivity index (χ0n) is 9.11. The van der Waals surface area contributed by atoms with Crippen LogP contribution in [-0.2, 0) is 4.79 Å². The fourth-order valence-electron chi connectivity index (χ4n) is 1.13. The number of carbonyl (C=O) groups is 2. The quantitative estimate of drug-likeness (QED) is 0.794. The fraction of sp³-hybridized carbons (Fsp3) is 0.273. The fourth-order valence-corrected chi connectivity index (χ4v) is 1.87. The van der Waals surface area contributed by atoms with Crippen molar-refractivity contribution >= 4 is 28.2 Å². The number of carboxylic acids is 1. The van der Waals surface area contributed by atoms with Crippen LogP contribution in [0.3, 0.4) is 0 Å². The smallest absolute Gasteiger partial charge is 0.345 e. The number of rotatable bonds is 4. The summed E-state index contributed by atoms with van der Waals surface area (Å²) in [6, 6.07) is 3.06. The molecule has 0 saturated carbocycles. The molecule has 0 atom stereocenters. The van der Waals surface area contributed by atoms with Crippen LogP contribution in [0.25, 0.3) is 0 Å². The van der Waals surface area contributed by atoms with Gasteiger partial charge in [-0.05, 0) is 25.5 Å². The Morgan fingerprint density at radius 1 is 1.50 bits per heavy atom. The second kappa shape index (κ2) is 5.46. The Labute approximate surface area is 97.6 Å². The van der Waals surface area contributed by atoms with Crippen LogP contribution < -0.4 is 5.32 Å². The topological polar surface area (TPSA) is 66.4 Å². The molecule has 0 aromatic carbocycles. The van der Waals surface area contributed by atoms with Gasteiger partial charge in [-0.3, -0.25) is 4.79 Å². The minimum atomic E-state index is -0.980. The maximum Gasteiger partial charge on any atom is 0.345 e. The van der Waals surface area contributed by atoms with Crippen molar-refractivity contribution in [2.45, 2.75) is 20.3 Å². The minimum absolute atomic E-state index is 0.194. The molecule has 0 radical (unpaired) electrons. The number of thiophene rings is 1. The molecule has 0 bridgehead atoms. The Morgan fingerprint density at radius 2 is 2.19 bits per heavy atom. The number of aromatic carboxylic acids is 1. The molecule has 2 N–H and O–H groups in total. The molecule has 1 aromatic heterocycles. The zero-order chi connectivity index (χ0) is 12.1. The van der Waals surface area contributed by atoms with Crippen LogP contribution in [-0.4, -0.2) is 17.0 Å². The van der Waals surface area contributed by atoms with E-state index in [0.29, 0.717) is 10.6 Å². The highest BCUT2D eigenvalue weighted by Gasteiger charge is 2.09. The van der Waals surface area contributed by atoms with Crippen molar-refractivity contribution in [3.05, 3.63) is 28.7 Å². The molecular weight excluding hydrogens is 226 g/mol. The van der Waals surface area contributed by atoms with Gasteiger partial charge in [-0.25, -0.2) is 4.79 Å². The molecule has 0 aliphatic carbocycles. The molecule has 1 heterocycles. The van der Waals surface area contributed by atoms with Gasteiger partial charge in [0, 0.05) is 5.57 Å². The number of anilines is 1. The Kier molecular flexibility index (Phi) is 4.25. The van der Waals surface area contributed by atoms with Gasteiger partial charge in [-0.1, -0.05) is 13.0 Å². The monoisotopic (exact) mass is 239 g/mol. The normalized spacial score (nSPS) is 11.2. The van der Waals surface area contributed by atoms with Crippen LogP contribution >= 0.6 is 11.3 Å². The largest absolute Gasteiger partial charge is 0.477 e. The number of amides is 1. The van der Waals surface area contributed by atoms with E-state index in [1.165, 1.54) is 6.07 Å². The van der Waals surface area contributed by atoms with Gasteiger partial charge in [-0.15, -0.1) is 11.3 Å². The van der Waals surface area contributed by atoms with Crippen molar-refractivity contribution in [3.63, 3.8) is 0 Å². The molecule has 0 fully saturated rings. The molecule has 1 amide bonds. The molecule has 4 nitrogen and oxygen atoms in total. The average molecular weight is 239 g/mol. The summed E-state index contributed by atoms with van der Waals surface area (Å²) in [6.07, 6.45) is 2.62. The average Bonchev–Trinajstić information content (AvgIpc) is 2.66. The summed E-state index contributed by atoms with van der Waals surface area (Å²) in [7, 11) is 0. The van der Waals surface area contributed by atoms with Crippen LogP contribution in [0.4, 0.5) is 5.00 Å². The summed E-state index contributed by atoms with van der Waals surface area (Å²) in [5.41, 5.74) is 0.632. The molecule has 0 saturated heterocycles. The van der Waals surface area contributed by atoms with Crippen LogP contribution in [0.1, 0.15) is 29.9 Å². The minimum Gasteiger partial charge on any atom is -0.477 e. The first-order valence-corrected chi connectivity index (χ1v) is 5.67. The molecule has 0 spiro atoms. The first kappa shape index (κ1) is 12.4. The van der Waals surface area contributed by atoms with E-state index in [-0.39, 0.29) is 10.8 Å². The predicted octanol–water partition coefficient (Wildman–Crippen LogP) is 2.74. The highest BCUT2D eigenvalue weighted by molar-refractivity contribution is 7.18. The van der Waals surface area contributed by atoms with E-state index >= 15 is 0 Å². The van der Waals surface area contributed by atoms with Crippen LogP contribution in [0.5, 0.6) is 0 Å². The van der Waals surface area contributed by atoms with Crippen LogP contribution in [0.2, 0.25) is 0 Å². The van der Waals surface area contributed by atoms with E-state index in [9.17, 15) is 9.59 Å². The highest BCUT2D eigenvalue weighted by atomic mass is 32.1. The third-order valence-corrected chi connectivity index (χ3v) is 2.91. The van der Waals surface area contributed by atoms with Gasteiger partial charge in [0.15, 0.2) is 0 Å². The van der Waals surface area contributed by atoms with Gasteiger partial charge in [0.2, 0.25) is 0 Å². The van der Waals surface area contributed by atoms with Crippen molar-refractivity contribution < 1.29 is 14.7 Å². The first-order chi connectivity index (χ1) is 7.54. The molecule has 0 aliphatic heterocycles. The van der Waals surface area contributed by atoms with E-state index in [1.807, 2.05) is 13.0 Å². The Hall–Kier alpha value is -1.62. The molecule has 16 heavy (non-hydrogen) atoms. The van der Waals surface area contributed by atoms with Gasteiger partial charge in [0.25, 0.3) is 5.91 Å². The van der Waals surface area contributed by atoms with Gasteiger partial charge >= 0.3 is 5.97 Å². The number of nitrogens with one attached hydrogen (secondary N) is 1. The van der Waals surface area contributed by atoms with Crippen molar-refractivity contribution in [2.75, 3.05) is 5.32 Å². The maximum atomic E-state index is 11.6. The second-order valence-corrected chi connectivity index (χ2v) is 4.30. The van der Waals surface area contributed by atoms with E-state index in [0.717, 1.165) is 17.8 Å². The van der Waals surface area contributed by atoms with E-state index in [2.05, 4.69) is 5.32 Å². The highest BCUT2D eigenvalue weighted by Crippen LogP contribution is 2.22. The molecule has 1 rings (SSSR count). The number of hydrogen-bond donors (Lipinski definition) is 2. The zero-order valence-corrected chi connectivity index (χ0v) is 9.93. The molecule has 1 aromatic rings. The van der Waals surface area contributed by atoms with Crippen molar-refractivity contribution in [1.82, 2.24) is 0 Å². The van der Waals surface area contributed by atoms with Gasteiger partial charge in [0.05, 0.1) is 5.00 Å². The lowest BCUT2D eigenvalue weighted by molar-refractivity contribution is -0.112.